The molecule has 0 N–H and O–H groups in total. The van der Waals surface area contributed by atoms with Gasteiger partial charge in [-0.3, -0.25) is 4.79 Å². The van der Waals surface area contributed by atoms with E-state index in [1.807, 2.05) is 19.9 Å². The highest BCUT2D eigenvalue weighted by atomic mass is 16.2. The second-order valence-electron chi connectivity index (χ2n) is 4.72. The molecule has 0 saturated heterocycles. The number of hydrogen-bond donors (Lipinski definition) is 0. The molecular formula is C15H20N2O. The van der Waals surface area contributed by atoms with Crippen LogP contribution < -0.4 is 4.90 Å². The Labute approximate surface area is 109 Å². The van der Waals surface area contributed by atoms with Crippen LogP contribution in [-0.2, 0) is 4.79 Å². The fourth-order valence-electron chi connectivity index (χ4n) is 2.15. The Hall–Kier alpha value is -1.82. The number of anilines is 1. The summed E-state index contributed by atoms with van der Waals surface area (Å²) >= 11 is 0. The van der Waals surface area contributed by atoms with Crippen LogP contribution in [0.4, 0.5) is 5.69 Å². The summed E-state index contributed by atoms with van der Waals surface area (Å²) in [6.07, 6.45) is 0.547. The summed E-state index contributed by atoms with van der Waals surface area (Å²) in [7, 11) is 1.79. The lowest BCUT2D eigenvalue weighted by atomic mass is 9.98. The minimum atomic E-state index is -0.00671. The zero-order chi connectivity index (χ0) is 13.9. The summed E-state index contributed by atoms with van der Waals surface area (Å²) in [6.45, 7) is 8.17. The monoisotopic (exact) mass is 244 g/mol. The summed E-state index contributed by atoms with van der Waals surface area (Å²) in [5.41, 5.74) is 5.62. The Kier molecular flexibility index (Phi) is 4.49. The Bertz CT molecular complexity index is 486. The maximum atomic E-state index is 12.0. The van der Waals surface area contributed by atoms with Crippen LogP contribution in [0.3, 0.4) is 0 Å². The molecule has 0 heterocycles. The predicted octanol–water partition coefficient (Wildman–Crippen LogP) is 3.19. The molecule has 0 radical (unpaired) electrons. The third-order valence-electron chi connectivity index (χ3n) is 3.49. The minimum absolute atomic E-state index is 0.00671. The zero-order valence-corrected chi connectivity index (χ0v) is 11.8. The van der Waals surface area contributed by atoms with Gasteiger partial charge in [-0.05, 0) is 49.9 Å². The van der Waals surface area contributed by atoms with Crippen LogP contribution in [0.5, 0.6) is 0 Å². The van der Waals surface area contributed by atoms with E-state index >= 15 is 0 Å². The van der Waals surface area contributed by atoms with Crippen LogP contribution in [0.25, 0.3) is 0 Å². The first kappa shape index (κ1) is 14.2. The molecule has 0 aliphatic carbocycles. The molecule has 1 aromatic rings. The number of carbonyl (C=O) groups is 1. The van der Waals surface area contributed by atoms with E-state index in [0.717, 1.165) is 16.8 Å². The number of nitriles is 1. The van der Waals surface area contributed by atoms with E-state index in [4.69, 9.17) is 5.26 Å². The lowest BCUT2D eigenvalue weighted by molar-refractivity contribution is -0.118. The van der Waals surface area contributed by atoms with E-state index in [-0.39, 0.29) is 18.7 Å². The number of amides is 1. The quantitative estimate of drug-likeness (QED) is 0.819. The van der Waals surface area contributed by atoms with E-state index in [2.05, 4.69) is 19.9 Å². The molecule has 3 heteroatoms. The van der Waals surface area contributed by atoms with Crippen molar-refractivity contribution in [3.8, 4) is 6.07 Å². The third-order valence-corrected chi connectivity index (χ3v) is 3.49. The number of benzene rings is 1. The second kappa shape index (κ2) is 5.68. The van der Waals surface area contributed by atoms with Gasteiger partial charge in [0, 0.05) is 25.6 Å². The van der Waals surface area contributed by atoms with Gasteiger partial charge in [0.1, 0.15) is 0 Å². The highest BCUT2D eigenvalue weighted by Crippen LogP contribution is 2.29. The topological polar surface area (TPSA) is 44.1 Å². The standard InChI is InChI=1S/C15H20N2O/c1-10-9-11(2)13(4)15(12(10)3)17(5)14(18)7-6-8-16/h9H,6-7H2,1-5H3. The van der Waals surface area contributed by atoms with Crippen molar-refractivity contribution >= 4 is 11.6 Å². The summed E-state index contributed by atoms with van der Waals surface area (Å²) in [4.78, 5) is 13.7. The molecule has 0 aromatic heterocycles. The van der Waals surface area contributed by atoms with Crippen molar-refractivity contribution in [3.63, 3.8) is 0 Å². The van der Waals surface area contributed by atoms with Crippen LogP contribution >= 0.6 is 0 Å². The van der Waals surface area contributed by atoms with Gasteiger partial charge in [0.15, 0.2) is 0 Å². The van der Waals surface area contributed by atoms with Crippen LogP contribution in [0.15, 0.2) is 6.07 Å². The van der Waals surface area contributed by atoms with Gasteiger partial charge in [0.2, 0.25) is 5.91 Å². The van der Waals surface area contributed by atoms with Crippen molar-refractivity contribution in [1.29, 1.82) is 5.26 Å². The molecule has 1 aromatic carbocycles. The van der Waals surface area contributed by atoms with E-state index in [1.54, 1.807) is 11.9 Å². The molecule has 0 aliphatic heterocycles. The largest absolute Gasteiger partial charge is 0.315 e. The number of carbonyl (C=O) groups excluding carboxylic acids is 1. The van der Waals surface area contributed by atoms with Gasteiger partial charge in [-0.1, -0.05) is 6.07 Å². The van der Waals surface area contributed by atoms with Crippen LogP contribution in [0, 0.1) is 39.0 Å². The molecule has 0 atom stereocenters. The van der Waals surface area contributed by atoms with Crippen molar-refractivity contribution < 1.29 is 4.79 Å². The average molecular weight is 244 g/mol. The highest BCUT2D eigenvalue weighted by molar-refractivity contribution is 5.94. The second-order valence-corrected chi connectivity index (χ2v) is 4.72. The normalized spacial score (nSPS) is 10.0. The molecule has 3 nitrogen and oxygen atoms in total. The lowest BCUT2D eigenvalue weighted by Gasteiger charge is -2.24. The molecule has 0 unspecified atom stereocenters. The Balaban J connectivity index is 3.17. The molecule has 0 aliphatic rings. The van der Waals surface area contributed by atoms with Gasteiger partial charge < -0.3 is 4.90 Å². The van der Waals surface area contributed by atoms with E-state index < -0.39 is 0 Å². The van der Waals surface area contributed by atoms with Gasteiger partial charge in [-0.2, -0.15) is 5.26 Å². The van der Waals surface area contributed by atoms with Crippen molar-refractivity contribution in [2.75, 3.05) is 11.9 Å². The van der Waals surface area contributed by atoms with Crippen molar-refractivity contribution in [2.24, 2.45) is 0 Å². The van der Waals surface area contributed by atoms with Gasteiger partial charge in [-0.25, -0.2) is 0 Å². The summed E-state index contributed by atoms with van der Waals surface area (Å²) in [5, 5.41) is 8.54. The zero-order valence-electron chi connectivity index (χ0n) is 11.8. The maximum absolute atomic E-state index is 12.0. The molecular weight excluding hydrogens is 224 g/mol. The molecule has 0 bridgehead atoms. The molecule has 0 fully saturated rings. The Morgan fingerprint density at radius 2 is 1.72 bits per heavy atom. The molecule has 18 heavy (non-hydrogen) atoms. The molecule has 1 amide bonds. The Morgan fingerprint density at radius 3 is 2.17 bits per heavy atom. The van der Waals surface area contributed by atoms with E-state index in [0.29, 0.717) is 0 Å². The SMILES string of the molecule is Cc1cc(C)c(C)c(N(C)C(=O)CCC#N)c1C. The van der Waals surface area contributed by atoms with Crippen LogP contribution in [0.2, 0.25) is 0 Å². The van der Waals surface area contributed by atoms with Crippen molar-refractivity contribution in [2.45, 2.75) is 40.5 Å². The molecule has 1 rings (SSSR count). The highest BCUT2D eigenvalue weighted by Gasteiger charge is 2.17. The van der Waals surface area contributed by atoms with Crippen molar-refractivity contribution in [1.82, 2.24) is 0 Å². The van der Waals surface area contributed by atoms with Gasteiger partial charge in [0.25, 0.3) is 0 Å². The van der Waals surface area contributed by atoms with Gasteiger partial charge >= 0.3 is 0 Å². The molecule has 0 spiro atoms. The average Bonchev–Trinajstić information content (AvgIpc) is 2.33. The minimum Gasteiger partial charge on any atom is -0.315 e. The summed E-state index contributed by atoms with van der Waals surface area (Å²) < 4.78 is 0. The predicted molar refractivity (Wildman–Crippen MR) is 73.6 cm³/mol. The van der Waals surface area contributed by atoms with Crippen LogP contribution in [0.1, 0.15) is 35.1 Å². The first-order valence-corrected chi connectivity index (χ1v) is 6.11. The van der Waals surface area contributed by atoms with Crippen LogP contribution in [-0.4, -0.2) is 13.0 Å². The van der Waals surface area contributed by atoms with Gasteiger partial charge in [0.05, 0.1) is 6.07 Å². The van der Waals surface area contributed by atoms with E-state index in [9.17, 15) is 4.79 Å². The number of nitrogens with zero attached hydrogens (tertiary/aromatic N) is 2. The number of aryl methyl sites for hydroxylation is 2. The summed E-state index contributed by atoms with van der Waals surface area (Å²) in [5.74, 6) is -0.00671. The molecule has 0 saturated carbocycles. The Morgan fingerprint density at radius 1 is 1.22 bits per heavy atom. The van der Waals surface area contributed by atoms with Crippen molar-refractivity contribution in [3.05, 3.63) is 28.3 Å². The fraction of sp³-hybridized carbons (Fsp3) is 0.467. The number of rotatable bonds is 3. The summed E-state index contributed by atoms with van der Waals surface area (Å²) in [6, 6.07) is 4.15. The number of hydrogen-bond acceptors (Lipinski definition) is 2. The first-order chi connectivity index (χ1) is 8.40. The smallest absolute Gasteiger partial charge is 0.227 e. The molecule has 96 valence electrons. The third kappa shape index (κ3) is 2.70. The van der Waals surface area contributed by atoms with Gasteiger partial charge in [-0.15, -0.1) is 0 Å². The van der Waals surface area contributed by atoms with E-state index in [1.165, 1.54) is 11.1 Å². The first-order valence-electron chi connectivity index (χ1n) is 6.11. The maximum Gasteiger partial charge on any atom is 0.227 e. The fourth-order valence-corrected chi connectivity index (χ4v) is 2.15. The lowest BCUT2D eigenvalue weighted by Crippen LogP contribution is -2.27.